The number of hydrogen-bond donors (Lipinski definition) is 4. The van der Waals surface area contributed by atoms with Gasteiger partial charge in [-0.15, -0.1) is 0 Å². The molecule has 0 aromatic rings. The Morgan fingerprint density at radius 1 is 1.50 bits per heavy atom. The van der Waals surface area contributed by atoms with Gasteiger partial charge in [0.2, 0.25) is 0 Å². The van der Waals surface area contributed by atoms with Crippen LogP contribution in [0.2, 0.25) is 0 Å². The standard InChI is InChI=1S/C7H15NO4/c1-2-3-8-7(12)6(11)5(10)4-9/h5-6,9-11H,2-4H2,1H3,(H,8,12). The van der Waals surface area contributed by atoms with Gasteiger partial charge in [0.25, 0.3) is 5.91 Å². The second kappa shape index (κ2) is 5.93. The minimum Gasteiger partial charge on any atom is -0.394 e. The SMILES string of the molecule is CCCNC(=O)C(O)C(O)CO. The molecule has 1 amide bonds. The molecule has 12 heavy (non-hydrogen) atoms. The van der Waals surface area contributed by atoms with Crippen LogP contribution in [0.25, 0.3) is 0 Å². The molecule has 2 atom stereocenters. The van der Waals surface area contributed by atoms with E-state index in [4.69, 9.17) is 15.3 Å². The third-order valence-electron chi connectivity index (χ3n) is 1.37. The molecule has 0 heterocycles. The Hall–Kier alpha value is -0.650. The first-order valence-corrected chi connectivity index (χ1v) is 3.88. The Morgan fingerprint density at radius 3 is 2.50 bits per heavy atom. The van der Waals surface area contributed by atoms with Crippen LogP contribution in [0.5, 0.6) is 0 Å². The van der Waals surface area contributed by atoms with E-state index in [-0.39, 0.29) is 0 Å². The van der Waals surface area contributed by atoms with E-state index in [1.165, 1.54) is 0 Å². The summed E-state index contributed by atoms with van der Waals surface area (Å²) >= 11 is 0. The Labute approximate surface area is 71.0 Å². The quantitative estimate of drug-likeness (QED) is 0.400. The minimum absolute atomic E-state index is 0.452. The summed E-state index contributed by atoms with van der Waals surface area (Å²) in [6.07, 6.45) is -2.18. The van der Waals surface area contributed by atoms with Crippen LogP contribution < -0.4 is 5.32 Å². The molecule has 0 saturated carbocycles. The van der Waals surface area contributed by atoms with Crippen molar-refractivity contribution in [2.45, 2.75) is 25.6 Å². The summed E-state index contributed by atoms with van der Waals surface area (Å²) in [6.45, 7) is 1.70. The number of amides is 1. The van der Waals surface area contributed by atoms with Gasteiger partial charge in [-0.2, -0.15) is 0 Å². The van der Waals surface area contributed by atoms with Gasteiger partial charge in [-0.05, 0) is 6.42 Å². The average Bonchev–Trinajstić information content (AvgIpc) is 2.11. The number of aliphatic hydroxyl groups excluding tert-OH is 3. The lowest BCUT2D eigenvalue weighted by Crippen LogP contribution is -2.43. The molecule has 0 spiro atoms. The van der Waals surface area contributed by atoms with Crippen LogP contribution in [0.4, 0.5) is 0 Å². The maximum Gasteiger partial charge on any atom is 0.251 e. The van der Waals surface area contributed by atoms with Crippen LogP contribution in [0.15, 0.2) is 0 Å². The number of carbonyl (C=O) groups is 1. The highest BCUT2D eigenvalue weighted by atomic mass is 16.4. The fourth-order valence-corrected chi connectivity index (χ4v) is 0.627. The van der Waals surface area contributed by atoms with Crippen LogP contribution in [0.3, 0.4) is 0 Å². The van der Waals surface area contributed by atoms with Crippen molar-refractivity contribution in [3.8, 4) is 0 Å². The number of carbonyl (C=O) groups excluding carboxylic acids is 1. The largest absolute Gasteiger partial charge is 0.394 e. The lowest BCUT2D eigenvalue weighted by Gasteiger charge is -2.14. The maximum atomic E-state index is 10.9. The summed E-state index contributed by atoms with van der Waals surface area (Å²) in [6, 6.07) is 0. The third kappa shape index (κ3) is 3.66. The summed E-state index contributed by atoms with van der Waals surface area (Å²) in [5.41, 5.74) is 0. The van der Waals surface area contributed by atoms with Crippen molar-refractivity contribution in [1.29, 1.82) is 0 Å². The highest BCUT2D eigenvalue weighted by Crippen LogP contribution is 1.92. The van der Waals surface area contributed by atoms with Crippen molar-refractivity contribution in [2.75, 3.05) is 13.2 Å². The summed E-state index contributed by atoms with van der Waals surface area (Å²) in [4.78, 5) is 10.9. The third-order valence-corrected chi connectivity index (χ3v) is 1.37. The van der Waals surface area contributed by atoms with Crippen molar-refractivity contribution in [3.63, 3.8) is 0 Å². The first-order valence-electron chi connectivity index (χ1n) is 3.88. The van der Waals surface area contributed by atoms with Crippen molar-refractivity contribution in [2.24, 2.45) is 0 Å². The Balaban J connectivity index is 3.75. The normalized spacial score (nSPS) is 15.3. The fraction of sp³-hybridized carbons (Fsp3) is 0.857. The molecule has 0 radical (unpaired) electrons. The molecule has 0 aliphatic carbocycles. The smallest absolute Gasteiger partial charge is 0.251 e. The molecule has 0 bridgehead atoms. The molecular weight excluding hydrogens is 162 g/mol. The Bertz CT molecular complexity index is 139. The lowest BCUT2D eigenvalue weighted by molar-refractivity contribution is -0.136. The van der Waals surface area contributed by atoms with E-state index < -0.39 is 24.7 Å². The van der Waals surface area contributed by atoms with Crippen molar-refractivity contribution in [3.05, 3.63) is 0 Å². The highest BCUT2D eigenvalue weighted by molar-refractivity contribution is 5.81. The molecule has 5 nitrogen and oxygen atoms in total. The predicted octanol–water partition coefficient (Wildman–Crippen LogP) is -1.77. The Kier molecular flexibility index (Phi) is 5.61. The molecular formula is C7H15NO4. The summed E-state index contributed by atoms with van der Waals surface area (Å²) in [5, 5.41) is 28.6. The molecule has 2 unspecified atom stereocenters. The maximum absolute atomic E-state index is 10.9. The molecule has 72 valence electrons. The van der Waals surface area contributed by atoms with E-state index in [1.54, 1.807) is 0 Å². The van der Waals surface area contributed by atoms with Crippen LogP contribution in [0, 0.1) is 0 Å². The van der Waals surface area contributed by atoms with Gasteiger partial charge in [-0.1, -0.05) is 6.92 Å². The molecule has 0 aromatic heterocycles. The summed E-state index contributed by atoms with van der Waals surface area (Å²) in [5.74, 6) is -0.654. The molecule has 4 N–H and O–H groups in total. The van der Waals surface area contributed by atoms with Gasteiger partial charge >= 0.3 is 0 Å². The van der Waals surface area contributed by atoms with Gasteiger partial charge in [0, 0.05) is 6.54 Å². The fourth-order valence-electron chi connectivity index (χ4n) is 0.627. The second-order valence-corrected chi connectivity index (χ2v) is 2.49. The van der Waals surface area contributed by atoms with E-state index in [2.05, 4.69) is 5.32 Å². The van der Waals surface area contributed by atoms with Crippen molar-refractivity contribution in [1.82, 2.24) is 5.32 Å². The molecule has 0 saturated heterocycles. The highest BCUT2D eigenvalue weighted by Gasteiger charge is 2.22. The second-order valence-electron chi connectivity index (χ2n) is 2.49. The van der Waals surface area contributed by atoms with Crippen LogP contribution in [0.1, 0.15) is 13.3 Å². The predicted molar refractivity (Wildman–Crippen MR) is 42.4 cm³/mol. The number of aliphatic hydroxyl groups is 3. The zero-order chi connectivity index (χ0) is 9.56. The number of nitrogens with one attached hydrogen (secondary N) is 1. The zero-order valence-electron chi connectivity index (χ0n) is 7.03. The molecule has 0 rings (SSSR count). The van der Waals surface area contributed by atoms with E-state index in [9.17, 15) is 4.79 Å². The van der Waals surface area contributed by atoms with Gasteiger partial charge in [0.05, 0.1) is 6.61 Å². The molecule has 0 fully saturated rings. The number of rotatable bonds is 5. The van der Waals surface area contributed by atoms with Crippen LogP contribution in [-0.2, 0) is 4.79 Å². The number of hydrogen-bond acceptors (Lipinski definition) is 4. The van der Waals surface area contributed by atoms with Crippen LogP contribution >= 0.6 is 0 Å². The van der Waals surface area contributed by atoms with Crippen LogP contribution in [-0.4, -0.2) is 46.6 Å². The summed E-state index contributed by atoms with van der Waals surface area (Å²) in [7, 11) is 0. The van der Waals surface area contributed by atoms with Crippen molar-refractivity contribution >= 4 is 5.91 Å². The first-order chi connectivity index (χ1) is 5.63. The van der Waals surface area contributed by atoms with E-state index in [0.29, 0.717) is 6.54 Å². The molecule has 5 heteroatoms. The zero-order valence-corrected chi connectivity index (χ0v) is 7.03. The average molecular weight is 177 g/mol. The monoisotopic (exact) mass is 177 g/mol. The topological polar surface area (TPSA) is 89.8 Å². The van der Waals surface area contributed by atoms with E-state index in [1.807, 2.05) is 6.92 Å². The van der Waals surface area contributed by atoms with E-state index >= 15 is 0 Å². The van der Waals surface area contributed by atoms with Gasteiger partial charge in [0.15, 0.2) is 6.10 Å². The lowest BCUT2D eigenvalue weighted by atomic mass is 10.2. The van der Waals surface area contributed by atoms with Gasteiger partial charge in [0.1, 0.15) is 6.10 Å². The molecule has 0 aromatic carbocycles. The van der Waals surface area contributed by atoms with Gasteiger partial charge in [-0.3, -0.25) is 4.79 Å². The summed E-state index contributed by atoms with van der Waals surface area (Å²) < 4.78 is 0. The molecule has 0 aliphatic heterocycles. The minimum atomic E-state index is -1.54. The first kappa shape index (κ1) is 11.4. The van der Waals surface area contributed by atoms with E-state index in [0.717, 1.165) is 6.42 Å². The Morgan fingerprint density at radius 2 is 2.08 bits per heavy atom. The van der Waals surface area contributed by atoms with Gasteiger partial charge < -0.3 is 20.6 Å². The molecule has 0 aliphatic rings. The van der Waals surface area contributed by atoms with Crippen molar-refractivity contribution < 1.29 is 20.1 Å². The van der Waals surface area contributed by atoms with Gasteiger partial charge in [-0.25, -0.2) is 0 Å².